The van der Waals surface area contributed by atoms with Crippen molar-refractivity contribution in [1.29, 1.82) is 0 Å². The minimum absolute atomic E-state index is 0.322. The highest BCUT2D eigenvalue weighted by Gasteiger charge is 2.26. The van der Waals surface area contributed by atoms with Gasteiger partial charge in [-0.2, -0.15) is 0 Å². The maximum Gasteiger partial charge on any atom is 0.0404 e. The predicted octanol–water partition coefficient (Wildman–Crippen LogP) is 5.36. The zero-order valence-electron chi connectivity index (χ0n) is 16.9. The normalized spacial score (nSPS) is 17.6. The van der Waals surface area contributed by atoms with Gasteiger partial charge in [0.2, 0.25) is 0 Å². The third-order valence-corrected chi connectivity index (χ3v) is 4.64. The molecule has 0 aliphatic carbocycles. The van der Waals surface area contributed by atoms with Crippen LogP contribution in [-0.2, 0) is 6.42 Å². The van der Waals surface area contributed by atoms with E-state index in [9.17, 15) is 0 Å². The van der Waals surface area contributed by atoms with E-state index in [1.54, 1.807) is 0 Å². The van der Waals surface area contributed by atoms with E-state index < -0.39 is 0 Å². The fourth-order valence-corrected chi connectivity index (χ4v) is 3.99. The Morgan fingerprint density at radius 2 is 1.70 bits per heavy atom. The topological polar surface area (TPSA) is 6.48 Å². The molecule has 0 radical (unpaired) electrons. The third kappa shape index (κ3) is 5.24. The first kappa shape index (κ1) is 20.0. The highest BCUT2D eigenvalue weighted by molar-refractivity contribution is 5.59. The van der Waals surface area contributed by atoms with Crippen LogP contribution in [0.5, 0.6) is 0 Å². The van der Waals surface area contributed by atoms with Crippen LogP contribution in [0.1, 0.15) is 67.9 Å². The van der Waals surface area contributed by atoms with Crippen molar-refractivity contribution in [2.24, 2.45) is 0 Å². The Labute approximate surface area is 144 Å². The fraction of sp³-hybridized carbons (Fsp3) is 0.714. The van der Waals surface area contributed by atoms with E-state index >= 15 is 0 Å². The zero-order chi connectivity index (χ0) is 17.8. The highest BCUT2D eigenvalue weighted by atomic mass is 15.2. The van der Waals surface area contributed by atoms with Gasteiger partial charge in [-0.25, -0.2) is 0 Å². The van der Waals surface area contributed by atoms with Gasteiger partial charge in [0.25, 0.3) is 0 Å². The number of hydrogen-bond donors (Lipinski definition) is 0. The Balaban J connectivity index is 0.000000241. The summed E-state index contributed by atoms with van der Waals surface area (Å²) in [5.41, 5.74) is 3.26. The molecule has 1 aliphatic rings. The second-order valence-corrected chi connectivity index (χ2v) is 8.23. The lowest BCUT2D eigenvalue weighted by molar-refractivity contribution is 0.107. The zero-order valence-corrected chi connectivity index (χ0v) is 16.9. The molecular formula is C21H38N2. The number of rotatable bonds is 3. The lowest BCUT2D eigenvalue weighted by Crippen LogP contribution is -2.45. The van der Waals surface area contributed by atoms with Crippen LogP contribution < -0.4 is 4.90 Å². The molecule has 23 heavy (non-hydrogen) atoms. The lowest BCUT2D eigenvalue weighted by atomic mass is 10.0. The van der Waals surface area contributed by atoms with E-state index in [4.69, 9.17) is 0 Å². The van der Waals surface area contributed by atoms with Crippen molar-refractivity contribution in [1.82, 2.24) is 4.90 Å². The molecule has 1 aromatic carbocycles. The molecule has 0 saturated carbocycles. The van der Waals surface area contributed by atoms with Crippen LogP contribution in [0, 0.1) is 0 Å². The molecule has 2 nitrogen and oxygen atoms in total. The highest BCUT2D eigenvalue weighted by Crippen LogP contribution is 2.33. The molecule has 1 heterocycles. The Bertz CT molecular complexity index is 471. The SMILES string of the molecule is CC(C)N1c2ccccc2CC1C.CCN(C(C)C)C(C)(C)C. The second-order valence-electron chi connectivity index (χ2n) is 8.23. The van der Waals surface area contributed by atoms with Gasteiger partial charge in [-0.05, 0) is 80.0 Å². The molecule has 0 N–H and O–H groups in total. The van der Waals surface area contributed by atoms with Gasteiger partial charge in [0, 0.05) is 29.4 Å². The van der Waals surface area contributed by atoms with Crippen molar-refractivity contribution in [2.75, 3.05) is 11.4 Å². The van der Waals surface area contributed by atoms with Gasteiger partial charge in [-0.3, -0.25) is 4.90 Å². The molecule has 0 aromatic heterocycles. The van der Waals surface area contributed by atoms with Crippen LogP contribution >= 0.6 is 0 Å². The monoisotopic (exact) mass is 318 g/mol. The number of nitrogens with zero attached hydrogens (tertiary/aromatic N) is 2. The van der Waals surface area contributed by atoms with Crippen molar-refractivity contribution in [3.8, 4) is 0 Å². The Morgan fingerprint density at radius 1 is 1.13 bits per heavy atom. The van der Waals surface area contributed by atoms with Gasteiger partial charge in [0.1, 0.15) is 0 Å². The van der Waals surface area contributed by atoms with Gasteiger partial charge in [-0.1, -0.05) is 25.1 Å². The van der Waals surface area contributed by atoms with Crippen LogP contribution in [-0.4, -0.2) is 35.1 Å². The molecular weight excluding hydrogens is 280 g/mol. The van der Waals surface area contributed by atoms with Crippen LogP contribution in [0.15, 0.2) is 24.3 Å². The van der Waals surface area contributed by atoms with E-state index in [1.165, 1.54) is 17.7 Å². The Kier molecular flexibility index (Phi) is 7.13. The average molecular weight is 319 g/mol. The molecule has 0 saturated heterocycles. The first-order valence-electron chi connectivity index (χ1n) is 9.22. The summed E-state index contributed by atoms with van der Waals surface area (Å²) in [4.78, 5) is 4.99. The first-order valence-corrected chi connectivity index (χ1v) is 9.22. The number of fused-ring (bicyclic) bond motifs is 1. The Hall–Kier alpha value is -1.02. The molecule has 1 aliphatic heterocycles. The largest absolute Gasteiger partial charge is 0.366 e. The molecule has 2 rings (SSSR count). The van der Waals surface area contributed by atoms with E-state index in [0.717, 1.165) is 6.54 Å². The minimum Gasteiger partial charge on any atom is -0.366 e. The van der Waals surface area contributed by atoms with Gasteiger partial charge in [-0.15, -0.1) is 0 Å². The summed E-state index contributed by atoms with van der Waals surface area (Å²) in [6.45, 7) is 21.5. The third-order valence-electron chi connectivity index (χ3n) is 4.64. The molecule has 0 fully saturated rings. The molecule has 1 unspecified atom stereocenters. The van der Waals surface area contributed by atoms with Crippen LogP contribution in [0.4, 0.5) is 5.69 Å². The summed E-state index contributed by atoms with van der Waals surface area (Å²) in [6.07, 6.45) is 1.20. The van der Waals surface area contributed by atoms with Gasteiger partial charge in [0.05, 0.1) is 0 Å². The van der Waals surface area contributed by atoms with Gasteiger partial charge in [0.15, 0.2) is 0 Å². The number of hydrogen-bond acceptors (Lipinski definition) is 2. The van der Waals surface area contributed by atoms with Crippen LogP contribution in [0.25, 0.3) is 0 Å². The average Bonchev–Trinajstić information content (AvgIpc) is 2.73. The van der Waals surface area contributed by atoms with Gasteiger partial charge >= 0.3 is 0 Å². The maximum absolute atomic E-state index is 2.51. The predicted molar refractivity (Wildman–Crippen MR) is 104 cm³/mol. The molecule has 1 aromatic rings. The summed E-state index contributed by atoms with van der Waals surface area (Å²) < 4.78 is 0. The number of para-hydroxylation sites is 1. The first-order chi connectivity index (χ1) is 10.6. The second kappa shape index (κ2) is 8.19. The summed E-state index contributed by atoms with van der Waals surface area (Å²) in [5, 5.41) is 0. The van der Waals surface area contributed by atoms with Crippen molar-refractivity contribution in [3.63, 3.8) is 0 Å². The fourth-order valence-electron chi connectivity index (χ4n) is 3.99. The van der Waals surface area contributed by atoms with E-state index in [-0.39, 0.29) is 0 Å². The van der Waals surface area contributed by atoms with Crippen LogP contribution in [0.3, 0.4) is 0 Å². The summed E-state index contributed by atoms with van der Waals surface area (Å²) >= 11 is 0. The standard InChI is InChI=1S/C12H17N.C9H21N/c1-9(2)13-10(3)8-11-6-4-5-7-12(11)13;1-7-10(8(2)3)9(4,5)6/h4-7,9-10H,8H2,1-3H3;8H,7H2,1-6H3. The van der Waals surface area contributed by atoms with Crippen molar-refractivity contribution in [3.05, 3.63) is 29.8 Å². The van der Waals surface area contributed by atoms with Crippen molar-refractivity contribution >= 4 is 5.69 Å². The number of anilines is 1. The van der Waals surface area contributed by atoms with E-state index in [1.807, 2.05) is 0 Å². The summed E-state index contributed by atoms with van der Waals surface area (Å²) in [7, 11) is 0. The quantitative estimate of drug-likeness (QED) is 0.740. The Morgan fingerprint density at radius 3 is 2.09 bits per heavy atom. The smallest absolute Gasteiger partial charge is 0.0404 e. The summed E-state index contributed by atoms with van der Waals surface area (Å²) in [6, 6.07) is 10.7. The van der Waals surface area contributed by atoms with E-state index in [2.05, 4.69) is 96.4 Å². The number of benzene rings is 1. The molecule has 0 amide bonds. The van der Waals surface area contributed by atoms with Crippen molar-refractivity contribution in [2.45, 2.75) is 92.4 Å². The molecule has 0 spiro atoms. The molecule has 0 bridgehead atoms. The maximum atomic E-state index is 2.51. The van der Waals surface area contributed by atoms with Gasteiger partial charge < -0.3 is 4.90 Å². The molecule has 1 atom stereocenters. The molecule has 2 heteroatoms. The lowest BCUT2D eigenvalue weighted by Gasteiger charge is -2.38. The van der Waals surface area contributed by atoms with Crippen LogP contribution in [0.2, 0.25) is 0 Å². The van der Waals surface area contributed by atoms with Crippen molar-refractivity contribution < 1.29 is 0 Å². The molecule has 132 valence electrons. The summed E-state index contributed by atoms with van der Waals surface area (Å²) in [5.74, 6) is 0. The van der Waals surface area contributed by atoms with E-state index in [0.29, 0.717) is 23.7 Å². The minimum atomic E-state index is 0.322.